The van der Waals surface area contributed by atoms with Crippen LogP contribution in [0.1, 0.15) is 25.2 Å². The summed E-state index contributed by atoms with van der Waals surface area (Å²) in [5.41, 5.74) is 1.89. The zero-order valence-corrected chi connectivity index (χ0v) is 11.0. The second-order valence-electron chi connectivity index (χ2n) is 4.45. The molecule has 0 bridgehead atoms. The maximum absolute atomic E-state index is 12.0. The van der Waals surface area contributed by atoms with Crippen LogP contribution in [0.3, 0.4) is 0 Å². The average Bonchev–Trinajstić information content (AvgIpc) is 2.85. The fourth-order valence-corrected chi connectivity index (χ4v) is 1.99. The summed E-state index contributed by atoms with van der Waals surface area (Å²) in [5, 5.41) is 5.75. The summed E-state index contributed by atoms with van der Waals surface area (Å²) in [6.07, 6.45) is 2.13. The molecule has 1 amide bonds. The SMILES string of the molecule is CCOC(=O)C(C)NC(=O)C1Cc2nc[nH]c2CN1. The summed E-state index contributed by atoms with van der Waals surface area (Å²) in [4.78, 5) is 30.7. The molecule has 1 aliphatic rings. The van der Waals surface area contributed by atoms with Gasteiger partial charge in [0.25, 0.3) is 0 Å². The number of nitrogens with one attached hydrogen (secondary N) is 3. The molecule has 2 unspecified atom stereocenters. The standard InChI is InChI=1S/C12H18N4O3/c1-3-19-12(18)7(2)16-11(17)9-4-8-10(5-13-9)15-6-14-8/h6-7,9,13H,3-5H2,1-2H3,(H,14,15)(H,16,17). The average molecular weight is 266 g/mol. The van der Waals surface area contributed by atoms with Crippen molar-refractivity contribution in [3.8, 4) is 0 Å². The van der Waals surface area contributed by atoms with Crippen LogP contribution < -0.4 is 10.6 Å². The van der Waals surface area contributed by atoms with Gasteiger partial charge in [-0.05, 0) is 13.8 Å². The predicted octanol–water partition coefficient (Wildman–Crippen LogP) is -0.508. The van der Waals surface area contributed by atoms with Crippen LogP contribution in [-0.2, 0) is 27.3 Å². The van der Waals surface area contributed by atoms with Crippen molar-refractivity contribution in [1.29, 1.82) is 0 Å². The molecule has 2 heterocycles. The molecule has 2 rings (SSSR count). The van der Waals surface area contributed by atoms with E-state index in [1.165, 1.54) is 0 Å². The minimum absolute atomic E-state index is 0.214. The molecule has 0 saturated carbocycles. The van der Waals surface area contributed by atoms with Crippen molar-refractivity contribution in [3.05, 3.63) is 17.7 Å². The Kier molecular flexibility index (Phi) is 4.16. The third kappa shape index (κ3) is 3.11. The van der Waals surface area contributed by atoms with E-state index in [2.05, 4.69) is 20.6 Å². The van der Waals surface area contributed by atoms with E-state index < -0.39 is 12.0 Å². The van der Waals surface area contributed by atoms with Crippen LogP contribution in [0.5, 0.6) is 0 Å². The lowest BCUT2D eigenvalue weighted by molar-refractivity contribution is -0.147. The molecule has 3 N–H and O–H groups in total. The number of aromatic amines is 1. The molecule has 1 aliphatic heterocycles. The number of rotatable bonds is 4. The number of carbonyl (C=O) groups is 2. The first-order valence-corrected chi connectivity index (χ1v) is 6.33. The van der Waals surface area contributed by atoms with Crippen molar-refractivity contribution >= 4 is 11.9 Å². The molecule has 0 fully saturated rings. The Morgan fingerprint density at radius 3 is 3.16 bits per heavy atom. The Bertz CT molecular complexity index is 471. The van der Waals surface area contributed by atoms with E-state index in [0.29, 0.717) is 19.6 Å². The van der Waals surface area contributed by atoms with Gasteiger partial charge in [-0.3, -0.25) is 10.1 Å². The fraction of sp³-hybridized carbons (Fsp3) is 0.583. The fourth-order valence-electron chi connectivity index (χ4n) is 1.99. The smallest absolute Gasteiger partial charge is 0.328 e. The second-order valence-corrected chi connectivity index (χ2v) is 4.45. The summed E-state index contributed by atoms with van der Waals surface area (Å²) in [5.74, 6) is -0.638. The van der Waals surface area contributed by atoms with Gasteiger partial charge >= 0.3 is 5.97 Å². The topological polar surface area (TPSA) is 96.1 Å². The molecular weight excluding hydrogens is 248 g/mol. The van der Waals surface area contributed by atoms with E-state index in [1.54, 1.807) is 20.2 Å². The first-order valence-electron chi connectivity index (χ1n) is 6.33. The van der Waals surface area contributed by atoms with E-state index in [4.69, 9.17) is 4.74 Å². The van der Waals surface area contributed by atoms with Crippen LogP contribution in [-0.4, -0.2) is 40.5 Å². The minimum atomic E-state index is -0.644. The van der Waals surface area contributed by atoms with E-state index in [1.807, 2.05) is 0 Å². The predicted molar refractivity (Wildman–Crippen MR) is 67.2 cm³/mol. The number of carbonyl (C=O) groups excluding carboxylic acids is 2. The van der Waals surface area contributed by atoms with Crippen molar-refractivity contribution in [3.63, 3.8) is 0 Å². The lowest BCUT2D eigenvalue weighted by Gasteiger charge is -2.23. The Hall–Kier alpha value is -1.89. The Morgan fingerprint density at radius 2 is 2.42 bits per heavy atom. The molecule has 19 heavy (non-hydrogen) atoms. The number of fused-ring (bicyclic) bond motifs is 1. The lowest BCUT2D eigenvalue weighted by atomic mass is 10.0. The highest BCUT2D eigenvalue weighted by molar-refractivity contribution is 5.87. The van der Waals surface area contributed by atoms with Gasteiger partial charge in [0.05, 0.1) is 30.4 Å². The molecule has 7 heteroatoms. The lowest BCUT2D eigenvalue weighted by Crippen LogP contribution is -2.51. The van der Waals surface area contributed by atoms with Crippen LogP contribution in [0.15, 0.2) is 6.33 Å². The zero-order chi connectivity index (χ0) is 13.8. The van der Waals surface area contributed by atoms with Gasteiger partial charge < -0.3 is 15.0 Å². The van der Waals surface area contributed by atoms with Gasteiger partial charge in [0.1, 0.15) is 6.04 Å². The normalized spacial score (nSPS) is 19.4. The van der Waals surface area contributed by atoms with Gasteiger partial charge in [-0.25, -0.2) is 9.78 Å². The van der Waals surface area contributed by atoms with Crippen molar-refractivity contribution in [2.75, 3.05) is 6.61 Å². The number of imidazole rings is 1. The van der Waals surface area contributed by atoms with Crippen LogP contribution >= 0.6 is 0 Å². The number of ether oxygens (including phenoxy) is 1. The third-order valence-electron chi connectivity index (χ3n) is 3.05. The summed E-state index contributed by atoms with van der Waals surface area (Å²) in [6, 6.07) is -1.01. The molecule has 1 aromatic rings. The summed E-state index contributed by atoms with van der Waals surface area (Å²) in [6.45, 7) is 4.21. The molecule has 0 radical (unpaired) electrons. The van der Waals surface area contributed by atoms with Crippen molar-refractivity contribution < 1.29 is 14.3 Å². The van der Waals surface area contributed by atoms with Gasteiger partial charge in [-0.1, -0.05) is 0 Å². The second kappa shape index (κ2) is 5.83. The Morgan fingerprint density at radius 1 is 1.63 bits per heavy atom. The van der Waals surface area contributed by atoms with Crippen LogP contribution in [0, 0.1) is 0 Å². The summed E-state index contributed by atoms with van der Waals surface area (Å²) < 4.78 is 4.84. The molecule has 0 aliphatic carbocycles. The maximum Gasteiger partial charge on any atom is 0.328 e. The van der Waals surface area contributed by atoms with Crippen molar-refractivity contribution in [2.45, 2.75) is 38.9 Å². The molecular formula is C12H18N4O3. The number of esters is 1. The molecule has 7 nitrogen and oxygen atoms in total. The Balaban J connectivity index is 1.89. The van der Waals surface area contributed by atoms with Gasteiger partial charge in [0.2, 0.25) is 5.91 Å². The summed E-state index contributed by atoms with van der Waals surface area (Å²) in [7, 11) is 0. The monoisotopic (exact) mass is 266 g/mol. The van der Waals surface area contributed by atoms with E-state index in [-0.39, 0.29) is 11.9 Å². The van der Waals surface area contributed by atoms with Crippen molar-refractivity contribution in [1.82, 2.24) is 20.6 Å². The highest BCUT2D eigenvalue weighted by Crippen LogP contribution is 2.12. The zero-order valence-electron chi connectivity index (χ0n) is 11.0. The molecule has 0 saturated heterocycles. The Labute approximate surface area is 111 Å². The van der Waals surface area contributed by atoms with Crippen LogP contribution in [0.2, 0.25) is 0 Å². The maximum atomic E-state index is 12.0. The van der Waals surface area contributed by atoms with E-state index in [0.717, 1.165) is 11.4 Å². The largest absolute Gasteiger partial charge is 0.464 e. The van der Waals surface area contributed by atoms with Gasteiger partial charge in [0, 0.05) is 13.0 Å². The van der Waals surface area contributed by atoms with Crippen molar-refractivity contribution in [2.24, 2.45) is 0 Å². The van der Waals surface area contributed by atoms with Gasteiger partial charge in [-0.15, -0.1) is 0 Å². The first kappa shape index (κ1) is 13.5. The van der Waals surface area contributed by atoms with Gasteiger partial charge in [-0.2, -0.15) is 0 Å². The quantitative estimate of drug-likeness (QED) is 0.638. The number of hydrogen-bond acceptors (Lipinski definition) is 5. The molecule has 2 atom stereocenters. The van der Waals surface area contributed by atoms with Crippen LogP contribution in [0.4, 0.5) is 0 Å². The highest BCUT2D eigenvalue weighted by Gasteiger charge is 2.27. The molecule has 1 aromatic heterocycles. The number of amides is 1. The number of hydrogen-bond donors (Lipinski definition) is 3. The highest BCUT2D eigenvalue weighted by atomic mass is 16.5. The molecule has 0 aromatic carbocycles. The number of nitrogens with zero attached hydrogens (tertiary/aromatic N) is 1. The molecule has 104 valence electrons. The number of aromatic nitrogens is 2. The van der Waals surface area contributed by atoms with E-state index in [9.17, 15) is 9.59 Å². The molecule has 0 spiro atoms. The minimum Gasteiger partial charge on any atom is -0.464 e. The first-order chi connectivity index (χ1) is 9.11. The van der Waals surface area contributed by atoms with Gasteiger partial charge in [0.15, 0.2) is 0 Å². The van der Waals surface area contributed by atoms with E-state index >= 15 is 0 Å². The third-order valence-corrected chi connectivity index (χ3v) is 3.05. The van der Waals surface area contributed by atoms with Crippen LogP contribution in [0.25, 0.3) is 0 Å². The number of H-pyrrole nitrogens is 1. The summed E-state index contributed by atoms with van der Waals surface area (Å²) >= 11 is 0.